The fraction of sp³-hybridized carbons (Fsp3) is 0.368. The Hall–Kier alpha value is -1.80. The third-order valence-electron chi connectivity index (χ3n) is 4.40. The van der Waals surface area contributed by atoms with Gasteiger partial charge in [0.05, 0.1) is 0 Å². The highest BCUT2D eigenvalue weighted by molar-refractivity contribution is 5.39. The monoisotopic (exact) mass is 280 g/mol. The van der Waals surface area contributed by atoms with E-state index in [1.165, 1.54) is 30.4 Å². The first-order chi connectivity index (χ1) is 10.2. The maximum atomic E-state index is 5.75. The minimum atomic E-state index is 0.834. The molecule has 2 aromatic carbocycles. The highest BCUT2D eigenvalue weighted by Crippen LogP contribution is 2.23. The maximum absolute atomic E-state index is 5.75. The molecule has 0 aliphatic heterocycles. The average molecular weight is 280 g/mol. The topological polar surface area (TPSA) is 29.3 Å². The lowest BCUT2D eigenvalue weighted by Crippen LogP contribution is -2.22. The number of benzene rings is 2. The Morgan fingerprint density at radius 2 is 1.57 bits per heavy atom. The molecule has 0 bridgehead atoms. The first kappa shape index (κ1) is 14.2. The predicted molar refractivity (Wildman–Crippen MR) is 89.1 cm³/mol. The Balaban J connectivity index is 1.68. The maximum Gasteiger partial charge on any atom is 0.0314 e. The van der Waals surface area contributed by atoms with Crippen molar-refractivity contribution in [1.29, 1.82) is 0 Å². The molecule has 0 atom stereocenters. The summed E-state index contributed by atoms with van der Waals surface area (Å²) in [6, 6.07) is 15.3. The number of hydrogen-bond donors (Lipinski definition) is 1. The lowest BCUT2D eigenvalue weighted by molar-refractivity contribution is 0.271. The molecule has 2 N–H and O–H groups in total. The van der Waals surface area contributed by atoms with Gasteiger partial charge in [-0.25, -0.2) is 0 Å². The molecular formula is C19H24N2. The van der Waals surface area contributed by atoms with E-state index in [9.17, 15) is 0 Å². The first-order valence-electron chi connectivity index (χ1n) is 7.92. The molecule has 2 heteroatoms. The summed E-state index contributed by atoms with van der Waals surface area (Å²) in [7, 11) is 0. The van der Waals surface area contributed by atoms with Crippen LogP contribution in [-0.2, 0) is 25.9 Å². The van der Waals surface area contributed by atoms with E-state index >= 15 is 0 Å². The van der Waals surface area contributed by atoms with E-state index in [0.717, 1.165) is 25.3 Å². The number of fused-ring (bicyclic) bond motifs is 1. The molecule has 0 heterocycles. The second-order valence-electron chi connectivity index (χ2n) is 6.00. The van der Waals surface area contributed by atoms with Gasteiger partial charge in [-0.3, -0.25) is 4.90 Å². The van der Waals surface area contributed by atoms with Crippen LogP contribution in [0.25, 0.3) is 0 Å². The van der Waals surface area contributed by atoms with Crippen LogP contribution < -0.4 is 5.73 Å². The number of rotatable bonds is 5. The zero-order valence-corrected chi connectivity index (χ0v) is 12.8. The first-order valence-corrected chi connectivity index (χ1v) is 7.92. The number of nitrogen functional groups attached to an aromatic ring is 1. The SMILES string of the molecule is CCN(Cc1ccc(N)cc1)Cc1ccc2c(c1)CCC2. The molecule has 0 spiro atoms. The molecule has 0 radical (unpaired) electrons. The summed E-state index contributed by atoms with van der Waals surface area (Å²) in [6.07, 6.45) is 3.84. The summed E-state index contributed by atoms with van der Waals surface area (Å²) in [5, 5.41) is 0. The van der Waals surface area contributed by atoms with Crippen molar-refractivity contribution in [2.75, 3.05) is 12.3 Å². The number of hydrogen-bond acceptors (Lipinski definition) is 2. The lowest BCUT2D eigenvalue weighted by Gasteiger charge is -2.21. The molecular weight excluding hydrogens is 256 g/mol. The van der Waals surface area contributed by atoms with Crippen LogP contribution in [0, 0.1) is 0 Å². The zero-order valence-electron chi connectivity index (χ0n) is 12.8. The van der Waals surface area contributed by atoms with E-state index in [1.54, 1.807) is 11.1 Å². The van der Waals surface area contributed by atoms with Crippen molar-refractivity contribution in [3.63, 3.8) is 0 Å². The van der Waals surface area contributed by atoms with Crippen LogP contribution in [0.15, 0.2) is 42.5 Å². The quantitative estimate of drug-likeness (QED) is 0.845. The van der Waals surface area contributed by atoms with Crippen molar-refractivity contribution in [1.82, 2.24) is 4.90 Å². The van der Waals surface area contributed by atoms with Crippen LogP contribution >= 0.6 is 0 Å². The molecule has 0 saturated carbocycles. The van der Waals surface area contributed by atoms with E-state index in [1.807, 2.05) is 12.1 Å². The van der Waals surface area contributed by atoms with Crippen molar-refractivity contribution >= 4 is 5.69 Å². The minimum Gasteiger partial charge on any atom is -0.399 e. The fourth-order valence-electron chi connectivity index (χ4n) is 3.14. The Morgan fingerprint density at radius 1 is 0.905 bits per heavy atom. The van der Waals surface area contributed by atoms with Gasteiger partial charge >= 0.3 is 0 Å². The van der Waals surface area contributed by atoms with Crippen LogP contribution in [0.5, 0.6) is 0 Å². The van der Waals surface area contributed by atoms with Crippen LogP contribution in [0.3, 0.4) is 0 Å². The third kappa shape index (κ3) is 3.45. The Bertz CT molecular complexity index is 601. The van der Waals surface area contributed by atoms with Crippen LogP contribution in [0.1, 0.15) is 35.6 Å². The molecule has 110 valence electrons. The van der Waals surface area contributed by atoms with Gasteiger partial charge in [-0.1, -0.05) is 37.3 Å². The van der Waals surface area contributed by atoms with Gasteiger partial charge in [-0.2, -0.15) is 0 Å². The largest absolute Gasteiger partial charge is 0.399 e. The van der Waals surface area contributed by atoms with Gasteiger partial charge in [0, 0.05) is 18.8 Å². The van der Waals surface area contributed by atoms with Gasteiger partial charge in [0.2, 0.25) is 0 Å². The average Bonchev–Trinajstić information content (AvgIpc) is 2.96. The standard InChI is InChI=1S/C19H24N2/c1-2-21(13-15-7-10-19(20)11-8-15)14-16-6-9-17-4-3-5-18(17)12-16/h6-12H,2-5,13-14,20H2,1H3. The molecule has 0 amide bonds. The van der Waals surface area contributed by atoms with E-state index in [0.29, 0.717) is 0 Å². The number of aryl methyl sites for hydroxylation is 2. The van der Waals surface area contributed by atoms with Gasteiger partial charge in [0.15, 0.2) is 0 Å². The Kier molecular flexibility index (Phi) is 4.26. The van der Waals surface area contributed by atoms with Gasteiger partial charge in [0.25, 0.3) is 0 Å². The van der Waals surface area contributed by atoms with E-state index in [4.69, 9.17) is 5.73 Å². The van der Waals surface area contributed by atoms with Gasteiger partial charge in [-0.15, -0.1) is 0 Å². The highest BCUT2D eigenvalue weighted by atomic mass is 15.1. The van der Waals surface area contributed by atoms with Crippen molar-refractivity contribution < 1.29 is 0 Å². The van der Waals surface area contributed by atoms with Crippen LogP contribution in [0.4, 0.5) is 5.69 Å². The van der Waals surface area contributed by atoms with Crippen molar-refractivity contribution in [3.05, 3.63) is 64.7 Å². The summed E-state index contributed by atoms with van der Waals surface area (Å²) < 4.78 is 0. The van der Waals surface area contributed by atoms with E-state index in [-0.39, 0.29) is 0 Å². The zero-order chi connectivity index (χ0) is 14.7. The predicted octanol–water partition coefficient (Wildman–Crippen LogP) is 3.78. The molecule has 0 fully saturated rings. The van der Waals surface area contributed by atoms with Crippen LogP contribution in [0.2, 0.25) is 0 Å². The molecule has 2 nitrogen and oxygen atoms in total. The minimum absolute atomic E-state index is 0.834. The summed E-state index contributed by atoms with van der Waals surface area (Å²) in [5.74, 6) is 0. The van der Waals surface area contributed by atoms with E-state index < -0.39 is 0 Å². The third-order valence-corrected chi connectivity index (χ3v) is 4.40. The molecule has 2 aromatic rings. The molecule has 0 saturated heterocycles. The second kappa shape index (κ2) is 6.31. The summed E-state index contributed by atoms with van der Waals surface area (Å²) in [6.45, 7) is 5.29. The summed E-state index contributed by atoms with van der Waals surface area (Å²) in [4.78, 5) is 2.47. The molecule has 1 aliphatic carbocycles. The number of anilines is 1. The summed E-state index contributed by atoms with van der Waals surface area (Å²) in [5.41, 5.74) is 12.5. The van der Waals surface area contributed by atoms with Gasteiger partial charge in [0.1, 0.15) is 0 Å². The van der Waals surface area contributed by atoms with Gasteiger partial charge in [-0.05, 0) is 60.2 Å². The molecule has 0 aromatic heterocycles. The van der Waals surface area contributed by atoms with E-state index in [2.05, 4.69) is 42.2 Å². The normalized spacial score (nSPS) is 13.6. The summed E-state index contributed by atoms with van der Waals surface area (Å²) >= 11 is 0. The Morgan fingerprint density at radius 3 is 2.33 bits per heavy atom. The smallest absolute Gasteiger partial charge is 0.0314 e. The van der Waals surface area contributed by atoms with Gasteiger partial charge < -0.3 is 5.73 Å². The molecule has 21 heavy (non-hydrogen) atoms. The fourth-order valence-corrected chi connectivity index (χ4v) is 3.14. The van der Waals surface area contributed by atoms with Crippen molar-refractivity contribution in [2.45, 2.75) is 39.3 Å². The Labute approximate surface area is 127 Å². The second-order valence-corrected chi connectivity index (χ2v) is 6.00. The van der Waals surface area contributed by atoms with Crippen molar-refractivity contribution in [3.8, 4) is 0 Å². The number of nitrogens with two attached hydrogens (primary N) is 1. The lowest BCUT2D eigenvalue weighted by atomic mass is 10.1. The molecule has 0 unspecified atom stereocenters. The van der Waals surface area contributed by atoms with Crippen LogP contribution in [-0.4, -0.2) is 11.4 Å². The highest BCUT2D eigenvalue weighted by Gasteiger charge is 2.12. The van der Waals surface area contributed by atoms with Crippen molar-refractivity contribution in [2.24, 2.45) is 0 Å². The molecule has 1 aliphatic rings. The number of nitrogens with zero attached hydrogens (tertiary/aromatic N) is 1. The molecule has 3 rings (SSSR count).